The number of rotatable bonds is 7. The predicted molar refractivity (Wildman–Crippen MR) is 103 cm³/mol. The first-order chi connectivity index (χ1) is 12.5. The van der Waals surface area contributed by atoms with Crippen LogP contribution in [0.5, 0.6) is 5.75 Å². The van der Waals surface area contributed by atoms with Gasteiger partial charge in [-0.15, -0.1) is 10.2 Å². The van der Waals surface area contributed by atoms with Gasteiger partial charge in [0.25, 0.3) is 0 Å². The number of hydrogen-bond acceptors (Lipinski definition) is 5. The number of nitrogens with zero attached hydrogens (tertiary/aromatic N) is 4. The number of aliphatic hydroxyl groups is 1. The van der Waals surface area contributed by atoms with Gasteiger partial charge in [0.05, 0.1) is 6.54 Å². The van der Waals surface area contributed by atoms with Crippen LogP contribution in [-0.2, 0) is 6.54 Å². The highest BCUT2D eigenvalue weighted by Crippen LogP contribution is 2.26. The number of aliphatic hydroxyl groups excluding tert-OH is 1. The summed E-state index contributed by atoms with van der Waals surface area (Å²) >= 11 is 3.48. The van der Waals surface area contributed by atoms with E-state index < -0.39 is 6.10 Å². The number of benzene rings is 2. The molecule has 0 fully saturated rings. The number of aromatic nitrogens is 4. The van der Waals surface area contributed by atoms with Crippen LogP contribution >= 0.6 is 15.9 Å². The van der Waals surface area contributed by atoms with E-state index in [0.717, 1.165) is 21.3 Å². The van der Waals surface area contributed by atoms with Crippen molar-refractivity contribution in [2.75, 3.05) is 6.61 Å². The van der Waals surface area contributed by atoms with Crippen molar-refractivity contribution in [3.8, 4) is 17.1 Å². The van der Waals surface area contributed by atoms with Crippen LogP contribution in [0.2, 0.25) is 0 Å². The van der Waals surface area contributed by atoms with Crippen molar-refractivity contribution >= 4 is 15.9 Å². The van der Waals surface area contributed by atoms with E-state index >= 15 is 0 Å². The summed E-state index contributed by atoms with van der Waals surface area (Å²) in [5.74, 6) is 1.66. The van der Waals surface area contributed by atoms with Crippen molar-refractivity contribution in [2.45, 2.75) is 32.4 Å². The molecular formula is C19H21BrN4O2. The van der Waals surface area contributed by atoms with Gasteiger partial charge in [-0.2, -0.15) is 4.80 Å². The second-order valence-corrected chi connectivity index (χ2v) is 7.16. The highest BCUT2D eigenvalue weighted by Gasteiger charge is 2.14. The molecule has 136 valence electrons. The van der Waals surface area contributed by atoms with E-state index in [1.54, 1.807) is 0 Å². The molecule has 3 aromatic rings. The quantitative estimate of drug-likeness (QED) is 0.635. The molecule has 0 aliphatic rings. The number of tetrazole rings is 1. The van der Waals surface area contributed by atoms with Gasteiger partial charge in [-0.3, -0.25) is 0 Å². The summed E-state index contributed by atoms with van der Waals surface area (Å²) in [5.41, 5.74) is 1.98. The van der Waals surface area contributed by atoms with Crippen molar-refractivity contribution in [3.63, 3.8) is 0 Å². The average Bonchev–Trinajstić information content (AvgIpc) is 3.08. The molecule has 0 saturated carbocycles. The minimum Gasteiger partial charge on any atom is -0.491 e. The zero-order chi connectivity index (χ0) is 18.5. The van der Waals surface area contributed by atoms with Crippen molar-refractivity contribution in [3.05, 3.63) is 58.6 Å². The lowest BCUT2D eigenvalue weighted by molar-refractivity contribution is 0.0844. The van der Waals surface area contributed by atoms with E-state index in [4.69, 9.17) is 4.74 Å². The van der Waals surface area contributed by atoms with Crippen molar-refractivity contribution in [2.24, 2.45) is 0 Å². The maximum Gasteiger partial charge on any atom is 0.206 e. The molecule has 0 radical (unpaired) electrons. The molecule has 0 unspecified atom stereocenters. The fourth-order valence-electron chi connectivity index (χ4n) is 2.59. The zero-order valence-electron chi connectivity index (χ0n) is 14.7. The van der Waals surface area contributed by atoms with Crippen LogP contribution < -0.4 is 4.74 Å². The fraction of sp³-hybridized carbons (Fsp3) is 0.316. The largest absolute Gasteiger partial charge is 0.491 e. The lowest BCUT2D eigenvalue weighted by Gasteiger charge is -2.16. The molecule has 3 rings (SSSR count). The van der Waals surface area contributed by atoms with E-state index in [9.17, 15) is 5.11 Å². The smallest absolute Gasteiger partial charge is 0.206 e. The zero-order valence-corrected chi connectivity index (χ0v) is 16.3. The lowest BCUT2D eigenvalue weighted by atomic mass is 10.0. The fourth-order valence-corrected chi connectivity index (χ4v) is 3.05. The summed E-state index contributed by atoms with van der Waals surface area (Å²) in [6, 6.07) is 15.5. The molecule has 0 aliphatic carbocycles. The standard InChI is InChI=1S/C19H21BrN4O2/c1-13(2)15-7-4-6-10-18(15)26-12-14(25)11-24-22-19(21-23-24)16-8-3-5-9-17(16)20/h3-10,13-14,25H,11-12H2,1-2H3/t14-/m1/s1. The molecule has 0 bridgehead atoms. The van der Waals surface area contributed by atoms with Gasteiger partial charge in [0.2, 0.25) is 5.82 Å². The first-order valence-electron chi connectivity index (χ1n) is 8.47. The van der Waals surface area contributed by atoms with Gasteiger partial charge in [0, 0.05) is 10.0 Å². The maximum atomic E-state index is 10.3. The predicted octanol–water partition coefficient (Wildman–Crippen LogP) is 3.67. The third-order valence-corrected chi connectivity index (χ3v) is 4.61. The summed E-state index contributed by atoms with van der Waals surface area (Å²) in [4.78, 5) is 1.39. The van der Waals surface area contributed by atoms with E-state index in [2.05, 4.69) is 45.2 Å². The molecule has 6 nitrogen and oxygen atoms in total. The van der Waals surface area contributed by atoms with E-state index in [1.165, 1.54) is 4.80 Å². The van der Waals surface area contributed by atoms with Gasteiger partial charge < -0.3 is 9.84 Å². The van der Waals surface area contributed by atoms with Gasteiger partial charge in [-0.05, 0) is 34.9 Å². The van der Waals surface area contributed by atoms with Crippen molar-refractivity contribution in [1.29, 1.82) is 0 Å². The molecule has 0 spiro atoms. The van der Waals surface area contributed by atoms with Crippen LogP contribution in [0.4, 0.5) is 0 Å². The Morgan fingerprint density at radius 2 is 1.85 bits per heavy atom. The van der Waals surface area contributed by atoms with Crippen LogP contribution in [0.3, 0.4) is 0 Å². The maximum absolute atomic E-state index is 10.3. The number of hydrogen-bond donors (Lipinski definition) is 1. The number of halogens is 1. The Kier molecular flexibility index (Phi) is 6.00. The summed E-state index contributed by atoms with van der Waals surface area (Å²) in [6.07, 6.45) is -0.739. The topological polar surface area (TPSA) is 73.1 Å². The van der Waals surface area contributed by atoms with Gasteiger partial charge in [0.15, 0.2) is 0 Å². The molecule has 1 aromatic heterocycles. The van der Waals surface area contributed by atoms with Crippen LogP contribution in [0.1, 0.15) is 25.3 Å². The molecule has 1 heterocycles. The second-order valence-electron chi connectivity index (χ2n) is 6.31. The summed E-state index contributed by atoms with van der Waals surface area (Å²) in [5, 5.41) is 22.7. The van der Waals surface area contributed by atoms with Gasteiger partial charge in [0.1, 0.15) is 18.5 Å². The van der Waals surface area contributed by atoms with E-state index in [-0.39, 0.29) is 13.2 Å². The van der Waals surface area contributed by atoms with Crippen LogP contribution in [-0.4, -0.2) is 38.0 Å². The molecule has 0 saturated heterocycles. The molecule has 0 amide bonds. The lowest BCUT2D eigenvalue weighted by Crippen LogP contribution is -2.25. The van der Waals surface area contributed by atoms with Crippen LogP contribution in [0.25, 0.3) is 11.4 Å². The Morgan fingerprint density at radius 3 is 2.62 bits per heavy atom. The van der Waals surface area contributed by atoms with Crippen molar-refractivity contribution in [1.82, 2.24) is 20.2 Å². The van der Waals surface area contributed by atoms with E-state index in [0.29, 0.717) is 11.7 Å². The first kappa shape index (κ1) is 18.5. The summed E-state index contributed by atoms with van der Waals surface area (Å²) in [7, 11) is 0. The Labute approximate surface area is 160 Å². The SMILES string of the molecule is CC(C)c1ccccc1OC[C@H](O)Cn1nnc(-c2ccccc2Br)n1. The Balaban J connectivity index is 1.61. The highest BCUT2D eigenvalue weighted by molar-refractivity contribution is 9.10. The molecular weight excluding hydrogens is 396 g/mol. The third kappa shape index (κ3) is 4.47. The van der Waals surface area contributed by atoms with Crippen LogP contribution in [0, 0.1) is 0 Å². The average molecular weight is 417 g/mol. The van der Waals surface area contributed by atoms with Gasteiger partial charge in [-0.1, -0.05) is 60.1 Å². The molecule has 26 heavy (non-hydrogen) atoms. The first-order valence-corrected chi connectivity index (χ1v) is 9.26. The minimum absolute atomic E-state index is 0.162. The summed E-state index contributed by atoms with van der Waals surface area (Å²) < 4.78 is 6.69. The highest BCUT2D eigenvalue weighted by atomic mass is 79.9. The molecule has 7 heteroatoms. The van der Waals surface area contributed by atoms with Gasteiger partial charge >= 0.3 is 0 Å². The number of para-hydroxylation sites is 1. The Bertz CT molecular complexity index is 866. The third-order valence-electron chi connectivity index (χ3n) is 3.91. The van der Waals surface area contributed by atoms with Crippen LogP contribution in [0.15, 0.2) is 53.0 Å². The van der Waals surface area contributed by atoms with E-state index in [1.807, 2.05) is 48.5 Å². The second kappa shape index (κ2) is 8.42. The molecule has 1 atom stereocenters. The normalized spacial score (nSPS) is 12.3. The Morgan fingerprint density at radius 1 is 1.12 bits per heavy atom. The summed E-state index contributed by atoms with van der Waals surface area (Å²) in [6.45, 7) is 4.60. The van der Waals surface area contributed by atoms with Crippen molar-refractivity contribution < 1.29 is 9.84 Å². The molecule has 2 aromatic carbocycles. The van der Waals surface area contributed by atoms with Gasteiger partial charge in [-0.25, -0.2) is 0 Å². The Hall–Kier alpha value is -2.25. The minimum atomic E-state index is -0.739. The molecule has 0 aliphatic heterocycles. The number of ether oxygens (including phenoxy) is 1. The monoisotopic (exact) mass is 416 g/mol. The molecule has 1 N–H and O–H groups in total.